The maximum absolute atomic E-state index is 5.13. The normalized spacial score (nSPS) is 9.00. The van der Waals surface area contributed by atoms with E-state index in [2.05, 4.69) is 0 Å². The number of hydrogen-bond acceptors (Lipinski definition) is 3. The van der Waals surface area contributed by atoms with Crippen LogP contribution in [0.5, 0.6) is 11.5 Å². The zero-order valence-corrected chi connectivity index (χ0v) is 10.7. The lowest BCUT2D eigenvalue weighted by Crippen LogP contribution is -1.97. The van der Waals surface area contributed by atoms with E-state index in [-0.39, 0.29) is 0 Å². The van der Waals surface area contributed by atoms with Gasteiger partial charge in [-0.1, -0.05) is 36.4 Å². The van der Waals surface area contributed by atoms with Crippen molar-refractivity contribution in [1.29, 1.82) is 0 Å². The summed E-state index contributed by atoms with van der Waals surface area (Å²) in [7, 11) is 3.26. The molecule has 0 saturated carbocycles. The fourth-order valence-corrected chi connectivity index (χ4v) is 1.20. The largest absolute Gasteiger partial charge is 0.497 e. The summed E-state index contributed by atoms with van der Waals surface area (Å²) in [6.45, 7) is 0.310. The molecule has 96 valence electrons. The Hall–Kier alpha value is -2.00. The fourth-order valence-electron chi connectivity index (χ4n) is 1.20. The first-order valence-corrected chi connectivity index (χ1v) is 5.62. The molecule has 0 bridgehead atoms. The van der Waals surface area contributed by atoms with Crippen LogP contribution >= 0.6 is 0 Å². The molecule has 18 heavy (non-hydrogen) atoms. The molecule has 0 aromatic heterocycles. The first-order chi connectivity index (χ1) is 8.86. The Morgan fingerprint density at radius 1 is 0.722 bits per heavy atom. The number of ether oxygens (including phenoxy) is 3. The van der Waals surface area contributed by atoms with Crippen LogP contribution in [0, 0.1) is 0 Å². The van der Waals surface area contributed by atoms with Gasteiger partial charge >= 0.3 is 0 Å². The van der Waals surface area contributed by atoms with Gasteiger partial charge in [-0.05, 0) is 24.3 Å². The minimum atomic E-state index is 0.310. The summed E-state index contributed by atoms with van der Waals surface area (Å²) < 4.78 is 14.8. The van der Waals surface area contributed by atoms with Gasteiger partial charge in [0.05, 0.1) is 7.11 Å². The topological polar surface area (TPSA) is 27.7 Å². The van der Waals surface area contributed by atoms with Crippen LogP contribution in [-0.4, -0.2) is 21.0 Å². The molecule has 0 atom stereocenters. The van der Waals surface area contributed by atoms with Gasteiger partial charge in [-0.15, -0.1) is 0 Å². The zero-order chi connectivity index (χ0) is 13.1. The molecule has 2 aromatic rings. The highest BCUT2D eigenvalue weighted by atomic mass is 16.7. The molecule has 0 N–H and O–H groups in total. The van der Waals surface area contributed by atoms with Gasteiger partial charge in [0.15, 0.2) is 6.79 Å². The molecule has 3 nitrogen and oxygen atoms in total. The summed E-state index contributed by atoms with van der Waals surface area (Å²) in [4.78, 5) is 0. The van der Waals surface area contributed by atoms with Crippen molar-refractivity contribution in [2.24, 2.45) is 0 Å². The summed E-state index contributed by atoms with van der Waals surface area (Å²) in [6.07, 6.45) is 0. The molecule has 0 aliphatic heterocycles. The molecule has 0 unspecified atom stereocenters. The quantitative estimate of drug-likeness (QED) is 0.774. The van der Waals surface area contributed by atoms with Crippen molar-refractivity contribution < 1.29 is 14.2 Å². The highest BCUT2D eigenvalue weighted by Crippen LogP contribution is 2.07. The Kier molecular flexibility index (Phi) is 7.09. The summed E-state index contributed by atoms with van der Waals surface area (Å²) in [5.74, 6) is 1.75. The molecule has 0 fully saturated rings. The van der Waals surface area contributed by atoms with E-state index in [4.69, 9.17) is 14.2 Å². The van der Waals surface area contributed by atoms with Gasteiger partial charge in [0.25, 0.3) is 0 Å². The molecule has 3 heteroatoms. The maximum Gasteiger partial charge on any atom is 0.188 e. The van der Waals surface area contributed by atoms with Crippen molar-refractivity contribution in [3.8, 4) is 11.5 Å². The van der Waals surface area contributed by atoms with Crippen LogP contribution in [0.2, 0.25) is 0 Å². The number of hydrogen-bond donors (Lipinski definition) is 0. The molecular formula is C15H18O3. The summed E-state index contributed by atoms with van der Waals surface area (Å²) in [6, 6.07) is 19.2. The minimum Gasteiger partial charge on any atom is -0.497 e. The van der Waals surface area contributed by atoms with Crippen LogP contribution in [0.1, 0.15) is 0 Å². The molecule has 0 heterocycles. The van der Waals surface area contributed by atoms with Crippen LogP contribution < -0.4 is 9.47 Å². The van der Waals surface area contributed by atoms with E-state index in [0.29, 0.717) is 6.79 Å². The second-order valence-electron chi connectivity index (χ2n) is 3.38. The lowest BCUT2D eigenvalue weighted by Gasteiger charge is -2.01. The van der Waals surface area contributed by atoms with Gasteiger partial charge in [0.1, 0.15) is 11.5 Å². The van der Waals surface area contributed by atoms with Crippen molar-refractivity contribution in [1.82, 2.24) is 0 Å². The molecule has 0 aliphatic carbocycles. The predicted molar refractivity (Wildman–Crippen MR) is 71.9 cm³/mol. The van der Waals surface area contributed by atoms with Crippen LogP contribution in [0.4, 0.5) is 0 Å². The molecule has 0 radical (unpaired) electrons. The minimum absolute atomic E-state index is 0.310. The Balaban J connectivity index is 0.000000184. The Morgan fingerprint density at radius 2 is 1.22 bits per heavy atom. The highest BCUT2D eigenvalue weighted by molar-refractivity contribution is 5.21. The smallest absolute Gasteiger partial charge is 0.188 e. The third-order valence-electron chi connectivity index (χ3n) is 2.07. The van der Waals surface area contributed by atoms with Gasteiger partial charge in [-0.25, -0.2) is 0 Å². The van der Waals surface area contributed by atoms with E-state index in [9.17, 15) is 0 Å². The van der Waals surface area contributed by atoms with E-state index >= 15 is 0 Å². The predicted octanol–water partition coefficient (Wildman–Crippen LogP) is 3.36. The zero-order valence-electron chi connectivity index (χ0n) is 10.7. The van der Waals surface area contributed by atoms with Gasteiger partial charge < -0.3 is 14.2 Å². The first kappa shape index (κ1) is 14.1. The van der Waals surface area contributed by atoms with Crippen LogP contribution in [0.3, 0.4) is 0 Å². The maximum atomic E-state index is 5.13. The van der Waals surface area contributed by atoms with Crippen LogP contribution in [0.25, 0.3) is 0 Å². The van der Waals surface area contributed by atoms with Gasteiger partial charge in [0, 0.05) is 7.11 Å². The van der Waals surface area contributed by atoms with Crippen LogP contribution in [0.15, 0.2) is 60.7 Å². The van der Waals surface area contributed by atoms with E-state index < -0.39 is 0 Å². The summed E-state index contributed by atoms with van der Waals surface area (Å²) >= 11 is 0. The van der Waals surface area contributed by atoms with Crippen molar-refractivity contribution in [3.63, 3.8) is 0 Å². The third-order valence-corrected chi connectivity index (χ3v) is 2.07. The second kappa shape index (κ2) is 9.07. The molecule has 0 aliphatic rings. The van der Waals surface area contributed by atoms with Crippen LogP contribution in [-0.2, 0) is 4.74 Å². The van der Waals surface area contributed by atoms with Crippen molar-refractivity contribution in [3.05, 3.63) is 60.7 Å². The van der Waals surface area contributed by atoms with Gasteiger partial charge in [0.2, 0.25) is 0 Å². The molecular weight excluding hydrogens is 228 g/mol. The number of methoxy groups -OCH3 is 2. The number of benzene rings is 2. The Labute approximate surface area is 108 Å². The fraction of sp³-hybridized carbons (Fsp3) is 0.200. The second-order valence-corrected chi connectivity index (χ2v) is 3.38. The van der Waals surface area contributed by atoms with Crippen molar-refractivity contribution >= 4 is 0 Å². The third kappa shape index (κ3) is 5.92. The van der Waals surface area contributed by atoms with E-state index in [1.165, 1.54) is 0 Å². The monoisotopic (exact) mass is 246 g/mol. The van der Waals surface area contributed by atoms with E-state index in [1.54, 1.807) is 14.2 Å². The number of para-hydroxylation sites is 2. The molecule has 2 aromatic carbocycles. The highest BCUT2D eigenvalue weighted by Gasteiger charge is 1.86. The summed E-state index contributed by atoms with van der Waals surface area (Å²) in [5, 5.41) is 0. The lowest BCUT2D eigenvalue weighted by atomic mass is 10.3. The first-order valence-electron chi connectivity index (χ1n) is 5.62. The molecule has 0 spiro atoms. The average Bonchev–Trinajstić information content (AvgIpc) is 2.48. The SMILES string of the molecule is COCOc1ccccc1.COc1ccccc1. The van der Waals surface area contributed by atoms with Crippen molar-refractivity contribution in [2.45, 2.75) is 0 Å². The van der Waals surface area contributed by atoms with E-state index in [0.717, 1.165) is 11.5 Å². The Morgan fingerprint density at radius 3 is 1.61 bits per heavy atom. The lowest BCUT2D eigenvalue weighted by molar-refractivity contribution is 0.0511. The van der Waals surface area contributed by atoms with Crippen molar-refractivity contribution in [2.75, 3.05) is 21.0 Å². The average molecular weight is 246 g/mol. The molecule has 0 amide bonds. The van der Waals surface area contributed by atoms with Gasteiger partial charge in [-0.2, -0.15) is 0 Å². The van der Waals surface area contributed by atoms with E-state index in [1.807, 2.05) is 60.7 Å². The van der Waals surface area contributed by atoms with Gasteiger partial charge in [-0.3, -0.25) is 0 Å². The molecule has 0 saturated heterocycles. The Bertz CT molecular complexity index is 401. The number of rotatable bonds is 4. The molecule has 2 rings (SSSR count). The summed E-state index contributed by atoms with van der Waals surface area (Å²) in [5.41, 5.74) is 0. The standard InChI is InChI=1S/C8H10O2.C7H8O/c1-9-7-10-8-5-3-2-4-6-8;1-8-7-5-3-2-4-6-7/h2-6H,7H2,1H3;2-6H,1H3.